The number of amides is 4. The van der Waals surface area contributed by atoms with Gasteiger partial charge in [0.25, 0.3) is 0 Å². The number of primary amides is 1. The van der Waals surface area contributed by atoms with Gasteiger partial charge in [0.15, 0.2) is 0 Å². The molecule has 0 radical (unpaired) electrons. The SMILES string of the molecule is CCC(C)C(NC(=O)C(Cc1ccccc1)NC(=O)C(Cc1ccccc1)NC(=O)C(N)CC(N)=O)C(=O)O. The number of nitrogens with two attached hydrogens (primary N) is 2. The van der Waals surface area contributed by atoms with Crippen LogP contribution in [0.25, 0.3) is 0 Å². The van der Waals surface area contributed by atoms with Gasteiger partial charge in [-0.3, -0.25) is 19.2 Å². The Bertz CT molecular complexity index is 1130. The molecule has 0 aliphatic carbocycles. The lowest BCUT2D eigenvalue weighted by Gasteiger charge is -2.26. The monoisotopic (exact) mass is 539 g/mol. The van der Waals surface area contributed by atoms with Crippen LogP contribution in [0.2, 0.25) is 0 Å². The van der Waals surface area contributed by atoms with Crippen LogP contribution in [-0.4, -0.2) is 58.9 Å². The van der Waals surface area contributed by atoms with Crippen molar-refractivity contribution < 1.29 is 29.1 Å². The Morgan fingerprint density at radius 3 is 1.62 bits per heavy atom. The molecular weight excluding hydrogens is 502 g/mol. The first-order valence-corrected chi connectivity index (χ1v) is 12.8. The molecule has 0 saturated carbocycles. The molecule has 4 amide bonds. The average molecular weight is 540 g/mol. The molecular formula is C28H37N5O6. The van der Waals surface area contributed by atoms with Crippen LogP contribution < -0.4 is 27.4 Å². The molecule has 0 aliphatic heterocycles. The number of carbonyl (C=O) groups excluding carboxylic acids is 4. The quantitative estimate of drug-likeness (QED) is 0.187. The maximum Gasteiger partial charge on any atom is 0.326 e. The van der Waals surface area contributed by atoms with E-state index in [0.29, 0.717) is 6.42 Å². The smallest absolute Gasteiger partial charge is 0.326 e. The van der Waals surface area contributed by atoms with Gasteiger partial charge in [-0.25, -0.2) is 4.79 Å². The van der Waals surface area contributed by atoms with Crippen molar-refractivity contribution in [3.05, 3.63) is 71.8 Å². The summed E-state index contributed by atoms with van der Waals surface area (Å²) in [4.78, 5) is 62.5. The minimum Gasteiger partial charge on any atom is -0.480 e. The van der Waals surface area contributed by atoms with Crippen LogP contribution in [-0.2, 0) is 36.8 Å². The molecule has 0 fully saturated rings. The van der Waals surface area contributed by atoms with Gasteiger partial charge in [-0.15, -0.1) is 0 Å². The molecule has 5 atom stereocenters. The number of nitrogens with one attached hydrogen (secondary N) is 3. The number of carboxylic acids is 1. The number of carboxylic acid groups (broad SMARTS) is 1. The normalized spacial score (nSPS) is 14.6. The molecule has 0 spiro atoms. The Morgan fingerprint density at radius 1 is 0.769 bits per heavy atom. The van der Waals surface area contributed by atoms with Crippen molar-refractivity contribution in [1.82, 2.24) is 16.0 Å². The third kappa shape index (κ3) is 10.2. The molecule has 0 bridgehead atoms. The van der Waals surface area contributed by atoms with Crippen molar-refractivity contribution >= 4 is 29.6 Å². The second-order valence-electron chi connectivity index (χ2n) is 9.49. The Hall–Kier alpha value is -4.25. The molecule has 2 rings (SSSR count). The van der Waals surface area contributed by atoms with E-state index in [-0.39, 0.29) is 18.8 Å². The summed E-state index contributed by atoms with van der Waals surface area (Å²) in [6, 6.07) is 13.1. The van der Waals surface area contributed by atoms with Gasteiger partial charge < -0.3 is 32.5 Å². The largest absolute Gasteiger partial charge is 0.480 e. The maximum absolute atomic E-state index is 13.5. The van der Waals surface area contributed by atoms with Crippen LogP contribution in [0, 0.1) is 5.92 Å². The summed E-state index contributed by atoms with van der Waals surface area (Å²) in [6.07, 6.45) is 0.269. The van der Waals surface area contributed by atoms with Gasteiger partial charge in [-0.1, -0.05) is 80.9 Å². The van der Waals surface area contributed by atoms with Gasteiger partial charge in [0, 0.05) is 12.8 Å². The van der Waals surface area contributed by atoms with Crippen molar-refractivity contribution in [3.8, 4) is 0 Å². The van der Waals surface area contributed by atoms with Gasteiger partial charge in [0.2, 0.25) is 23.6 Å². The first-order chi connectivity index (χ1) is 18.5. The molecule has 2 aromatic carbocycles. The molecule has 39 heavy (non-hydrogen) atoms. The molecule has 2 aromatic rings. The Labute approximate surface area is 227 Å². The molecule has 11 nitrogen and oxygen atoms in total. The Morgan fingerprint density at radius 2 is 1.21 bits per heavy atom. The van der Waals surface area contributed by atoms with E-state index < -0.39 is 60.2 Å². The summed E-state index contributed by atoms with van der Waals surface area (Å²) in [7, 11) is 0. The third-order valence-electron chi connectivity index (χ3n) is 6.37. The Kier molecular flexibility index (Phi) is 12.1. The zero-order chi connectivity index (χ0) is 28.9. The fourth-order valence-corrected chi connectivity index (χ4v) is 3.92. The first kappa shape index (κ1) is 31.0. The van der Waals surface area contributed by atoms with Crippen molar-refractivity contribution in [2.45, 2.75) is 63.7 Å². The summed E-state index contributed by atoms with van der Waals surface area (Å²) < 4.78 is 0. The highest BCUT2D eigenvalue weighted by Crippen LogP contribution is 2.11. The van der Waals surface area contributed by atoms with Crippen LogP contribution in [0.15, 0.2) is 60.7 Å². The predicted molar refractivity (Wildman–Crippen MR) is 145 cm³/mol. The zero-order valence-electron chi connectivity index (χ0n) is 22.1. The van der Waals surface area contributed by atoms with E-state index in [4.69, 9.17) is 11.5 Å². The molecule has 11 heteroatoms. The van der Waals surface area contributed by atoms with Crippen LogP contribution in [0.5, 0.6) is 0 Å². The van der Waals surface area contributed by atoms with Crippen LogP contribution in [0.3, 0.4) is 0 Å². The van der Waals surface area contributed by atoms with E-state index in [9.17, 15) is 29.1 Å². The second kappa shape index (κ2) is 15.2. The number of aliphatic carboxylic acids is 1. The molecule has 0 aromatic heterocycles. The van der Waals surface area contributed by atoms with E-state index >= 15 is 0 Å². The lowest BCUT2D eigenvalue weighted by Crippen LogP contribution is -2.58. The zero-order valence-corrected chi connectivity index (χ0v) is 22.1. The fourth-order valence-electron chi connectivity index (χ4n) is 3.92. The van der Waals surface area contributed by atoms with Gasteiger partial charge >= 0.3 is 5.97 Å². The first-order valence-electron chi connectivity index (χ1n) is 12.8. The van der Waals surface area contributed by atoms with Gasteiger partial charge in [-0.05, 0) is 17.0 Å². The summed E-state index contributed by atoms with van der Waals surface area (Å²) in [5.41, 5.74) is 12.4. The topological polar surface area (TPSA) is 194 Å². The highest BCUT2D eigenvalue weighted by Gasteiger charge is 2.32. The van der Waals surface area contributed by atoms with Gasteiger partial charge in [-0.2, -0.15) is 0 Å². The van der Waals surface area contributed by atoms with E-state index in [1.165, 1.54) is 0 Å². The average Bonchev–Trinajstić information content (AvgIpc) is 2.90. The molecule has 0 heterocycles. The summed E-state index contributed by atoms with van der Waals surface area (Å²) >= 11 is 0. The molecule has 210 valence electrons. The Balaban J connectivity index is 2.32. The summed E-state index contributed by atoms with van der Waals surface area (Å²) in [5.74, 6) is -4.40. The maximum atomic E-state index is 13.5. The van der Waals surface area contributed by atoms with Crippen molar-refractivity contribution in [2.75, 3.05) is 0 Å². The highest BCUT2D eigenvalue weighted by atomic mass is 16.4. The lowest BCUT2D eigenvalue weighted by atomic mass is 9.97. The van der Waals surface area contributed by atoms with Gasteiger partial charge in [0.1, 0.15) is 18.1 Å². The fraction of sp³-hybridized carbons (Fsp3) is 0.393. The highest BCUT2D eigenvalue weighted by molar-refractivity contribution is 5.95. The van der Waals surface area contributed by atoms with Gasteiger partial charge in [0.05, 0.1) is 12.5 Å². The molecule has 5 unspecified atom stereocenters. The van der Waals surface area contributed by atoms with E-state index in [2.05, 4.69) is 16.0 Å². The van der Waals surface area contributed by atoms with Crippen molar-refractivity contribution in [3.63, 3.8) is 0 Å². The predicted octanol–water partition coefficient (Wildman–Crippen LogP) is 0.260. The molecule has 0 saturated heterocycles. The number of hydrogen-bond acceptors (Lipinski definition) is 6. The van der Waals surface area contributed by atoms with E-state index in [1.807, 2.05) is 6.92 Å². The van der Waals surface area contributed by atoms with Crippen LogP contribution in [0.4, 0.5) is 0 Å². The van der Waals surface area contributed by atoms with Crippen molar-refractivity contribution in [1.29, 1.82) is 0 Å². The number of hydrogen-bond donors (Lipinski definition) is 6. The van der Waals surface area contributed by atoms with Crippen molar-refractivity contribution in [2.24, 2.45) is 17.4 Å². The van der Waals surface area contributed by atoms with Crippen LogP contribution >= 0.6 is 0 Å². The second-order valence-corrected chi connectivity index (χ2v) is 9.49. The van der Waals surface area contributed by atoms with E-state index in [0.717, 1.165) is 11.1 Å². The molecule has 8 N–H and O–H groups in total. The molecule has 0 aliphatic rings. The minimum atomic E-state index is -1.26. The standard InChI is InChI=1S/C28H37N5O6/c1-3-17(2)24(28(38)39)33-27(37)22(15-19-12-8-5-9-13-19)32-26(36)21(14-18-10-6-4-7-11-18)31-25(35)20(29)16-23(30)34/h4-13,17,20-22,24H,3,14-16,29H2,1-2H3,(H2,30,34)(H,31,35)(H,32,36)(H,33,37)(H,38,39). The number of benzene rings is 2. The summed E-state index contributed by atoms with van der Waals surface area (Å²) in [5, 5.41) is 17.4. The van der Waals surface area contributed by atoms with Crippen LogP contribution in [0.1, 0.15) is 37.8 Å². The lowest BCUT2D eigenvalue weighted by molar-refractivity contribution is -0.143. The third-order valence-corrected chi connectivity index (χ3v) is 6.37. The number of carbonyl (C=O) groups is 5. The van der Waals surface area contributed by atoms with E-state index in [1.54, 1.807) is 67.6 Å². The summed E-state index contributed by atoms with van der Waals surface area (Å²) in [6.45, 7) is 3.53. The number of rotatable bonds is 15. The minimum absolute atomic E-state index is 0.0754.